The van der Waals surface area contributed by atoms with Gasteiger partial charge >= 0.3 is 0 Å². The molecule has 2 aromatic heterocycles. The number of benzene rings is 2. The summed E-state index contributed by atoms with van der Waals surface area (Å²) in [6.07, 6.45) is 2.29. The highest BCUT2D eigenvalue weighted by atomic mass is 32.2. The fourth-order valence-corrected chi connectivity index (χ4v) is 4.90. The molecule has 208 valence electrons. The lowest BCUT2D eigenvalue weighted by molar-refractivity contribution is 0.254. The Bertz CT molecular complexity index is 1500. The molecule has 2 unspecified atom stereocenters. The number of pyridine rings is 1. The number of anilines is 1. The average molecular weight is 571 g/mol. The molecule has 0 saturated carbocycles. The van der Waals surface area contributed by atoms with Gasteiger partial charge in [0.25, 0.3) is 0 Å². The molecule has 1 saturated heterocycles. The number of alkyl halides is 1. The first-order valence-corrected chi connectivity index (χ1v) is 13.5. The largest absolute Gasteiger partial charge is 0.435 e. The summed E-state index contributed by atoms with van der Waals surface area (Å²) < 4.78 is 73.3. The van der Waals surface area contributed by atoms with E-state index in [1.165, 1.54) is 24.5 Å². The highest BCUT2D eigenvalue weighted by molar-refractivity contribution is 7.77. The Morgan fingerprint density at radius 2 is 1.82 bits per heavy atom. The van der Waals surface area contributed by atoms with Crippen LogP contribution in [0.25, 0.3) is 11.3 Å². The van der Waals surface area contributed by atoms with Crippen molar-refractivity contribution in [3.63, 3.8) is 0 Å². The molecular weight excluding hydrogens is 545 g/mol. The van der Waals surface area contributed by atoms with Gasteiger partial charge in [0.1, 0.15) is 6.17 Å². The lowest BCUT2D eigenvalue weighted by Crippen LogP contribution is -2.44. The average Bonchev–Trinajstić information content (AvgIpc) is 2.95. The van der Waals surface area contributed by atoms with E-state index in [2.05, 4.69) is 30.3 Å². The molecule has 0 spiro atoms. The van der Waals surface area contributed by atoms with Crippen LogP contribution in [0.15, 0.2) is 73.1 Å². The Labute approximate surface area is 230 Å². The lowest BCUT2D eigenvalue weighted by Gasteiger charge is -2.26. The molecule has 9 nitrogen and oxygen atoms in total. The molecule has 4 atom stereocenters. The zero-order chi connectivity index (χ0) is 28.1. The van der Waals surface area contributed by atoms with Crippen molar-refractivity contribution in [3.05, 3.63) is 95.8 Å². The van der Waals surface area contributed by atoms with Gasteiger partial charge in [-0.3, -0.25) is 4.55 Å². The highest BCUT2D eigenvalue weighted by Gasteiger charge is 2.25. The number of nitrogens with zero attached hydrogens (tertiary/aromatic N) is 3. The number of halogens is 3. The molecule has 5 rings (SSSR count). The van der Waals surface area contributed by atoms with Gasteiger partial charge in [-0.05, 0) is 29.8 Å². The molecule has 1 aliphatic rings. The predicted octanol–water partition coefficient (Wildman–Crippen LogP) is 4.54. The normalized spacial score (nSPS) is 18.6. The van der Waals surface area contributed by atoms with Crippen LogP contribution in [0.2, 0.25) is 0 Å². The topological polar surface area (TPSA) is 121 Å². The van der Waals surface area contributed by atoms with Crippen LogP contribution < -0.4 is 20.1 Å². The minimum absolute atomic E-state index is 0.0319. The van der Waals surface area contributed by atoms with Crippen molar-refractivity contribution in [2.75, 3.05) is 18.4 Å². The van der Waals surface area contributed by atoms with Gasteiger partial charge in [-0.1, -0.05) is 36.4 Å². The summed E-state index contributed by atoms with van der Waals surface area (Å²) in [6.45, 7) is 0.864. The number of ether oxygens (including phenoxy) is 1. The van der Waals surface area contributed by atoms with Crippen molar-refractivity contribution >= 4 is 17.2 Å². The van der Waals surface area contributed by atoms with Crippen molar-refractivity contribution in [2.24, 2.45) is 0 Å². The highest BCUT2D eigenvalue weighted by Crippen LogP contribution is 2.35. The minimum atomic E-state index is -2.50. The Morgan fingerprint density at radius 3 is 2.60 bits per heavy atom. The van der Waals surface area contributed by atoms with Gasteiger partial charge in [-0.2, -0.15) is 4.39 Å². The van der Waals surface area contributed by atoms with Gasteiger partial charge in [0, 0.05) is 43.5 Å². The summed E-state index contributed by atoms with van der Waals surface area (Å²) in [5, 5.41) is 6.12. The SMILES string of the molecule is O=S(O)NC(c1ccccc1)c1ccc(Oc2ncccc2-c2ccnc(N[C@@H]3CNC[C@@H](F)C3)n2)c(F)c1F. The van der Waals surface area contributed by atoms with Crippen LogP contribution in [-0.2, 0) is 11.3 Å². The van der Waals surface area contributed by atoms with E-state index in [0.717, 1.165) is 0 Å². The van der Waals surface area contributed by atoms with Crippen molar-refractivity contribution in [3.8, 4) is 22.9 Å². The van der Waals surface area contributed by atoms with E-state index in [1.807, 2.05) is 0 Å². The molecule has 3 heterocycles. The zero-order valence-electron chi connectivity index (χ0n) is 20.9. The Balaban J connectivity index is 1.42. The standard InChI is InChI=1S/C27H25F3N6O3S/c28-17-13-18(15-31-14-17)34-27-33-12-10-21(35-27)19-7-4-11-32-26(19)39-22-9-8-20(23(29)24(22)30)25(36-40(37)38)16-5-2-1-3-6-16/h1-12,17-18,25,31,36H,13-15H2,(H,37,38)(H,33,34,35)/t17-,18-,25?/m0/s1. The predicted molar refractivity (Wildman–Crippen MR) is 144 cm³/mol. The second kappa shape index (κ2) is 12.5. The van der Waals surface area contributed by atoms with Crippen molar-refractivity contribution < 1.29 is 26.7 Å². The molecule has 4 aromatic rings. The van der Waals surface area contributed by atoms with Crippen molar-refractivity contribution in [1.29, 1.82) is 0 Å². The third-order valence-electron chi connectivity index (χ3n) is 6.28. The van der Waals surface area contributed by atoms with E-state index >= 15 is 8.78 Å². The fourth-order valence-electron chi connectivity index (χ4n) is 4.44. The van der Waals surface area contributed by atoms with Crippen LogP contribution in [0.3, 0.4) is 0 Å². The van der Waals surface area contributed by atoms with Crippen LogP contribution >= 0.6 is 0 Å². The van der Waals surface area contributed by atoms with Gasteiger partial charge in [-0.25, -0.2) is 32.7 Å². The van der Waals surface area contributed by atoms with Gasteiger partial charge in [0.05, 0.1) is 17.3 Å². The Morgan fingerprint density at radius 1 is 1.00 bits per heavy atom. The third-order valence-corrected chi connectivity index (χ3v) is 6.72. The molecule has 40 heavy (non-hydrogen) atoms. The second-order valence-corrected chi connectivity index (χ2v) is 9.78. The summed E-state index contributed by atoms with van der Waals surface area (Å²) in [5.41, 5.74) is 1.07. The van der Waals surface area contributed by atoms with Crippen LogP contribution in [0, 0.1) is 11.6 Å². The summed E-state index contributed by atoms with van der Waals surface area (Å²) in [6, 6.07) is 14.4. The van der Waals surface area contributed by atoms with Crippen molar-refractivity contribution in [2.45, 2.75) is 24.7 Å². The van der Waals surface area contributed by atoms with Crippen LogP contribution in [0.4, 0.5) is 19.1 Å². The number of hydrogen-bond acceptors (Lipinski definition) is 7. The van der Waals surface area contributed by atoms with Crippen LogP contribution in [0.5, 0.6) is 11.6 Å². The lowest BCUT2D eigenvalue weighted by atomic mass is 9.99. The number of piperidine rings is 1. The van der Waals surface area contributed by atoms with Gasteiger partial charge < -0.3 is 15.4 Å². The third kappa shape index (κ3) is 6.45. The number of rotatable bonds is 9. The van der Waals surface area contributed by atoms with Crippen LogP contribution in [0.1, 0.15) is 23.6 Å². The Kier molecular flexibility index (Phi) is 8.65. The fraction of sp³-hybridized carbons (Fsp3) is 0.222. The first-order chi connectivity index (χ1) is 19.4. The van der Waals surface area contributed by atoms with Crippen LogP contribution in [-0.4, -0.2) is 49.0 Å². The maximum Gasteiger partial charge on any atom is 0.232 e. The molecule has 0 aliphatic carbocycles. The van der Waals surface area contributed by atoms with E-state index in [0.29, 0.717) is 36.3 Å². The van der Waals surface area contributed by atoms with E-state index < -0.39 is 40.9 Å². The monoisotopic (exact) mass is 570 g/mol. The maximum absolute atomic E-state index is 15.3. The first-order valence-electron chi connectivity index (χ1n) is 12.4. The van der Waals surface area contributed by atoms with Gasteiger partial charge in [0.2, 0.25) is 28.9 Å². The number of hydrogen-bond donors (Lipinski definition) is 4. The smallest absolute Gasteiger partial charge is 0.232 e. The van der Waals surface area contributed by atoms with Gasteiger partial charge in [0.15, 0.2) is 11.6 Å². The molecule has 0 radical (unpaired) electrons. The number of nitrogens with one attached hydrogen (secondary N) is 3. The van der Waals surface area contributed by atoms with E-state index in [9.17, 15) is 13.2 Å². The summed E-state index contributed by atoms with van der Waals surface area (Å²) in [7, 11) is 0. The minimum Gasteiger partial charge on any atom is -0.435 e. The molecule has 4 N–H and O–H groups in total. The summed E-state index contributed by atoms with van der Waals surface area (Å²) in [4.78, 5) is 12.9. The van der Waals surface area contributed by atoms with E-state index in [1.54, 1.807) is 48.5 Å². The Hall–Kier alpha value is -3.91. The molecule has 1 fully saturated rings. The molecule has 1 aliphatic heterocycles. The van der Waals surface area contributed by atoms with Gasteiger partial charge in [-0.15, -0.1) is 0 Å². The maximum atomic E-state index is 15.3. The number of aromatic nitrogens is 3. The quantitative estimate of drug-likeness (QED) is 0.217. The van der Waals surface area contributed by atoms with Crippen molar-refractivity contribution in [1.82, 2.24) is 25.0 Å². The molecule has 0 bridgehead atoms. The summed E-state index contributed by atoms with van der Waals surface area (Å²) >= 11 is -2.50. The summed E-state index contributed by atoms with van der Waals surface area (Å²) in [5.74, 6) is -2.74. The first kappa shape index (κ1) is 27.6. The zero-order valence-corrected chi connectivity index (χ0v) is 21.7. The molecule has 0 amide bonds. The molecular formula is C27H25F3N6O3S. The van der Waals surface area contributed by atoms with E-state index in [-0.39, 0.29) is 23.4 Å². The molecule has 13 heteroatoms. The molecule has 2 aromatic carbocycles. The second-order valence-electron chi connectivity index (χ2n) is 9.05. The van der Waals surface area contributed by atoms with E-state index in [4.69, 9.17) is 4.74 Å².